The molecule has 154 valence electrons. The molecule has 8 heteroatoms. The highest BCUT2D eigenvalue weighted by Gasteiger charge is 2.26. The van der Waals surface area contributed by atoms with Crippen molar-refractivity contribution in [1.29, 1.82) is 0 Å². The van der Waals surface area contributed by atoms with Gasteiger partial charge in [-0.25, -0.2) is 9.47 Å². The molecule has 0 atom stereocenters. The number of rotatable bonds is 5. The van der Waals surface area contributed by atoms with Crippen LogP contribution in [0, 0.1) is 0 Å². The monoisotopic (exact) mass is 405 g/mol. The van der Waals surface area contributed by atoms with Gasteiger partial charge in [-0.2, -0.15) is 4.98 Å². The summed E-state index contributed by atoms with van der Waals surface area (Å²) in [7, 11) is 2.11. The van der Waals surface area contributed by atoms with Crippen molar-refractivity contribution in [2.24, 2.45) is 0 Å². The van der Waals surface area contributed by atoms with Gasteiger partial charge in [-0.05, 0) is 39.2 Å². The van der Waals surface area contributed by atoms with E-state index in [9.17, 15) is 9.59 Å². The molecule has 1 N–H and O–H groups in total. The number of amides is 1. The largest absolute Gasteiger partial charge is 0.367 e. The molecule has 1 amide bonds. The number of carbonyl (C=O) groups is 1. The van der Waals surface area contributed by atoms with E-state index in [1.165, 1.54) is 36.6 Å². The Balaban J connectivity index is 1.45. The molecule has 0 radical (unpaired) electrons. The summed E-state index contributed by atoms with van der Waals surface area (Å²) in [5.74, 6) is 0.405. The Bertz CT molecular complexity index is 767. The van der Waals surface area contributed by atoms with Crippen molar-refractivity contribution in [3.05, 3.63) is 21.7 Å². The van der Waals surface area contributed by atoms with Crippen LogP contribution in [-0.2, 0) is 17.6 Å². The smallest absolute Gasteiger partial charge is 0.353 e. The van der Waals surface area contributed by atoms with E-state index in [0.717, 1.165) is 69.0 Å². The molecule has 1 aliphatic heterocycles. The van der Waals surface area contributed by atoms with Crippen molar-refractivity contribution >= 4 is 17.7 Å². The third kappa shape index (κ3) is 4.38. The molecule has 1 aromatic rings. The molecule has 0 unspecified atom stereocenters. The molecule has 0 spiro atoms. The minimum atomic E-state index is -0.194. The first-order valence-electron chi connectivity index (χ1n) is 10.6. The molecule has 4 rings (SSSR count). The van der Waals surface area contributed by atoms with Gasteiger partial charge in [-0.3, -0.25) is 4.79 Å². The fourth-order valence-electron chi connectivity index (χ4n) is 4.57. The number of hydrogen-bond acceptors (Lipinski definition) is 6. The lowest BCUT2D eigenvalue weighted by atomic mass is 9.95. The Hall–Kier alpha value is -1.54. The SMILES string of the molecule is CN1CCN(n2c3c(c(SCC(=O)NC4CCCCC4)nc2=O)CCC3)CC1. The standard InChI is InChI=1S/C20H31N5O2S/c1-23-10-12-24(13-11-23)25-17-9-5-8-16(17)19(22-20(25)27)28-14-18(26)21-15-6-3-2-4-7-15/h15H,2-14H2,1H3,(H,21,26). The van der Waals surface area contributed by atoms with Crippen LogP contribution < -0.4 is 16.0 Å². The number of fused-ring (bicyclic) bond motifs is 1. The van der Waals surface area contributed by atoms with E-state index in [0.29, 0.717) is 11.8 Å². The number of piperazine rings is 1. The zero-order chi connectivity index (χ0) is 19.5. The van der Waals surface area contributed by atoms with Crippen LogP contribution >= 0.6 is 11.8 Å². The van der Waals surface area contributed by atoms with E-state index in [4.69, 9.17) is 0 Å². The minimum Gasteiger partial charge on any atom is -0.353 e. The summed E-state index contributed by atoms with van der Waals surface area (Å²) in [6.45, 7) is 3.61. The number of nitrogens with zero attached hydrogens (tertiary/aromatic N) is 4. The van der Waals surface area contributed by atoms with E-state index in [2.05, 4.69) is 27.3 Å². The van der Waals surface area contributed by atoms with Gasteiger partial charge >= 0.3 is 5.69 Å². The predicted octanol–water partition coefficient (Wildman–Crippen LogP) is 1.16. The summed E-state index contributed by atoms with van der Waals surface area (Å²) in [4.78, 5) is 31.9. The minimum absolute atomic E-state index is 0.0636. The Morgan fingerprint density at radius 2 is 1.86 bits per heavy atom. The third-order valence-corrected chi connectivity index (χ3v) is 7.17. The van der Waals surface area contributed by atoms with E-state index in [1.54, 1.807) is 0 Å². The number of likely N-dealkylation sites (N-methyl/N-ethyl adjacent to an activating group) is 1. The normalized spacial score (nSPS) is 21.0. The maximum Gasteiger partial charge on any atom is 0.367 e. The van der Waals surface area contributed by atoms with Crippen molar-refractivity contribution in [3.8, 4) is 0 Å². The summed E-state index contributed by atoms with van der Waals surface area (Å²) < 4.78 is 1.82. The lowest BCUT2D eigenvalue weighted by molar-refractivity contribution is -0.119. The second-order valence-corrected chi connectivity index (χ2v) is 9.20. The van der Waals surface area contributed by atoms with Crippen LogP contribution in [0.4, 0.5) is 0 Å². The molecule has 1 saturated carbocycles. The molecule has 28 heavy (non-hydrogen) atoms. The van der Waals surface area contributed by atoms with Gasteiger partial charge in [0.25, 0.3) is 0 Å². The quantitative estimate of drug-likeness (QED) is 0.586. The van der Waals surface area contributed by atoms with Gasteiger partial charge < -0.3 is 15.2 Å². The maximum atomic E-state index is 12.8. The summed E-state index contributed by atoms with van der Waals surface area (Å²) in [6.07, 6.45) is 8.78. The zero-order valence-electron chi connectivity index (χ0n) is 16.8. The highest BCUT2D eigenvalue weighted by atomic mass is 32.2. The lowest BCUT2D eigenvalue weighted by Crippen LogP contribution is -2.54. The van der Waals surface area contributed by atoms with Gasteiger partial charge in [0.1, 0.15) is 5.03 Å². The first kappa shape index (κ1) is 19.8. The fourth-order valence-corrected chi connectivity index (χ4v) is 5.45. The summed E-state index contributed by atoms with van der Waals surface area (Å²) in [6, 6.07) is 0.325. The Morgan fingerprint density at radius 3 is 2.61 bits per heavy atom. The van der Waals surface area contributed by atoms with Crippen molar-refractivity contribution < 1.29 is 4.79 Å². The molecule has 7 nitrogen and oxygen atoms in total. The van der Waals surface area contributed by atoms with Crippen LogP contribution in [0.2, 0.25) is 0 Å². The highest BCUT2D eigenvalue weighted by Crippen LogP contribution is 2.29. The number of aromatic nitrogens is 2. The molecule has 3 aliphatic rings. The van der Waals surface area contributed by atoms with Gasteiger partial charge in [0, 0.05) is 37.8 Å². The van der Waals surface area contributed by atoms with Crippen LogP contribution in [0.15, 0.2) is 9.82 Å². The lowest BCUT2D eigenvalue weighted by Gasteiger charge is -2.35. The second-order valence-electron chi connectivity index (χ2n) is 8.24. The zero-order valence-corrected chi connectivity index (χ0v) is 17.6. The molecule has 2 heterocycles. The maximum absolute atomic E-state index is 12.8. The number of hydrogen-bond donors (Lipinski definition) is 1. The van der Waals surface area contributed by atoms with Crippen molar-refractivity contribution in [2.75, 3.05) is 44.0 Å². The average molecular weight is 406 g/mol. The van der Waals surface area contributed by atoms with Gasteiger partial charge in [0.15, 0.2) is 0 Å². The van der Waals surface area contributed by atoms with E-state index < -0.39 is 0 Å². The molecule has 2 aliphatic carbocycles. The summed E-state index contributed by atoms with van der Waals surface area (Å²) in [5.41, 5.74) is 2.09. The third-order valence-electron chi connectivity index (χ3n) is 6.15. The molecule has 1 aromatic heterocycles. The van der Waals surface area contributed by atoms with Crippen LogP contribution in [0.25, 0.3) is 0 Å². The molecule has 0 aromatic carbocycles. The highest BCUT2D eigenvalue weighted by molar-refractivity contribution is 7.99. The summed E-state index contributed by atoms with van der Waals surface area (Å²) >= 11 is 1.43. The van der Waals surface area contributed by atoms with E-state index in [-0.39, 0.29) is 11.6 Å². The van der Waals surface area contributed by atoms with Crippen molar-refractivity contribution in [2.45, 2.75) is 62.4 Å². The van der Waals surface area contributed by atoms with Gasteiger partial charge in [0.05, 0.1) is 11.4 Å². The molecule has 1 saturated heterocycles. The number of thioether (sulfide) groups is 1. The van der Waals surface area contributed by atoms with E-state index in [1.807, 2.05) is 4.68 Å². The first-order chi connectivity index (χ1) is 13.6. The van der Waals surface area contributed by atoms with E-state index >= 15 is 0 Å². The Morgan fingerprint density at radius 1 is 1.11 bits per heavy atom. The van der Waals surface area contributed by atoms with Gasteiger partial charge in [-0.1, -0.05) is 31.0 Å². The topological polar surface area (TPSA) is 70.5 Å². The van der Waals surface area contributed by atoms with Gasteiger partial charge in [0.2, 0.25) is 5.91 Å². The van der Waals surface area contributed by atoms with Crippen LogP contribution in [0.3, 0.4) is 0 Å². The molecular formula is C20H31N5O2S. The summed E-state index contributed by atoms with van der Waals surface area (Å²) in [5, 5.41) is 6.06. The van der Waals surface area contributed by atoms with Crippen LogP contribution in [0.1, 0.15) is 49.8 Å². The fraction of sp³-hybridized carbons (Fsp3) is 0.750. The molecular weight excluding hydrogens is 374 g/mol. The van der Waals surface area contributed by atoms with Crippen molar-refractivity contribution in [3.63, 3.8) is 0 Å². The molecule has 0 bridgehead atoms. The van der Waals surface area contributed by atoms with Crippen molar-refractivity contribution in [1.82, 2.24) is 19.9 Å². The van der Waals surface area contributed by atoms with Gasteiger partial charge in [-0.15, -0.1) is 0 Å². The Labute approximate surface area is 170 Å². The Kier molecular flexibility index (Phi) is 6.25. The van der Waals surface area contributed by atoms with Crippen LogP contribution in [0.5, 0.6) is 0 Å². The number of carbonyl (C=O) groups excluding carboxylic acids is 1. The first-order valence-corrected chi connectivity index (χ1v) is 11.6. The average Bonchev–Trinajstić information content (AvgIpc) is 3.18. The number of nitrogens with one attached hydrogen (secondary N) is 1. The second kappa shape index (κ2) is 8.86. The van der Waals surface area contributed by atoms with Crippen LogP contribution in [-0.4, -0.2) is 65.5 Å². The molecule has 2 fully saturated rings. The predicted molar refractivity (Wildman–Crippen MR) is 112 cm³/mol.